The van der Waals surface area contributed by atoms with Gasteiger partial charge in [-0.25, -0.2) is 8.42 Å². The highest BCUT2D eigenvalue weighted by Crippen LogP contribution is 2.14. The van der Waals surface area contributed by atoms with Crippen LogP contribution in [0, 0.1) is 6.92 Å². The zero-order chi connectivity index (χ0) is 19.0. The molecule has 0 aliphatic carbocycles. The van der Waals surface area contributed by atoms with Gasteiger partial charge in [0.2, 0.25) is 21.8 Å². The molecule has 0 aromatic heterocycles. The van der Waals surface area contributed by atoms with Crippen molar-refractivity contribution in [2.75, 3.05) is 20.1 Å². The van der Waals surface area contributed by atoms with Gasteiger partial charge < -0.3 is 5.32 Å². The first-order valence-electron chi connectivity index (χ1n) is 7.48. The first kappa shape index (κ1) is 20.6. The molecule has 10 heteroatoms. The maximum atomic E-state index is 12.3. The summed E-state index contributed by atoms with van der Waals surface area (Å²) in [5.74, 6) is -1.46. The first-order chi connectivity index (χ1) is 11.6. The Labute approximate surface area is 146 Å². The molecular formula is C15H22N4O5S. The molecule has 3 N–H and O–H groups in total. The van der Waals surface area contributed by atoms with Gasteiger partial charge >= 0.3 is 0 Å². The third-order valence-corrected chi connectivity index (χ3v) is 4.98. The molecule has 0 radical (unpaired) electrons. The van der Waals surface area contributed by atoms with E-state index in [0.717, 1.165) is 9.87 Å². The van der Waals surface area contributed by atoms with Crippen molar-refractivity contribution in [1.82, 2.24) is 20.5 Å². The van der Waals surface area contributed by atoms with E-state index >= 15 is 0 Å². The van der Waals surface area contributed by atoms with E-state index in [2.05, 4.69) is 16.2 Å². The van der Waals surface area contributed by atoms with Crippen LogP contribution < -0.4 is 16.2 Å². The molecule has 0 fully saturated rings. The summed E-state index contributed by atoms with van der Waals surface area (Å²) in [6.45, 7) is 2.84. The van der Waals surface area contributed by atoms with E-state index in [1.807, 2.05) is 6.92 Å². The summed E-state index contributed by atoms with van der Waals surface area (Å²) in [5.41, 5.74) is 5.19. The normalized spacial score (nSPS) is 11.0. The predicted molar refractivity (Wildman–Crippen MR) is 90.6 cm³/mol. The molecule has 0 atom stereocenters. The second-order valence-electron chi connectivity index (χ2n) is 5.40. The van der Waals surface area contributed by atoms with E-state index in [1.165, 1.54) is 26.1 Å². The molecule has 1 aromatic carbocycles. The van der Waals surface area contributed by atoms with Crippen LogP contribution in [0.15, 0.2) is 29.2 Å². The van der Waals surface area contributed by atoms with Gasteiger partial charge in [-0.05, 0) is 19.1 Å². The van der Waals surface area contributed by atoms with Crippen LogP contribution in [0.2, 0.25) is 0 Å². The molecule has 9 nitrogen and oxygen atoms in total. The summed E-state index contributed by atoms with van der Waals surface area (Å²) in [4.78, 5) is 34.0. The highest BCUT2D eigenvalue weighted by atomic mass is 32.2. The van der Waals surface area contributed by atoms with Gasteiger partial charge in [0.25, 0.3) is 5.91 Å². The smallest absolute Gasteiger partial charge is 0.253 e. The SMILES string of the molecule is CC(=O)NCCC(=O)NNC(=O)CN(C)S(=O)(=O)c1ccc(C)cc1. The minimum Gasteiger partial charge on any atom is -0.356 e. The second kappa shape index (κ2) is 9.14. The number of likely N-dealkylation sites (N-methyl/N-ethyl adjacent to an activating group) is 1. The lowest BCUT2D eigenvalue weighted by Gasteiger charge is -2.17. The number of rotatable bonds is 7. The predicted octanol–water partition coefficient (Wildman–Crippen LogP) is -0.711. The number of amides is 3. The maximum absolute atomic E-state index is 12.3. The lowest BCUT2D eigenvalue weighted by molar-refractivity contribution is -0.129. The van der Waals surface area contributed by atoms with Crippen molar-refractivity contribution in [3.05, 3.63) is 29.8 Å². The molecule has 0 unspecified atom stereocenters. The molecule has 0 saturated carbocycles. The molecule has 1 rings (SSSR count). The quantitative estimate of drug-likeness (QED) is 0.547. The first-order valence-corrected chi connectivity index (χ1v) is 8.92. The van der Waals surface area contributed by atoms with Crippen LogP contribution in [-0.4, -0.2) is 50.6 Å². The van der Waals surface area contributed by atoms with Crippen LogP contribution in [0.25, 0.3) is 0 Å². The molecule has 138 valence electrons. The van der Waals surface area contributed by atoms with Crippen LogP contribution >= 0.6 is 0 Å². The van der Waals surface area contributed by atoms with E-state index in [0.29, 0.717) is 0 Å². The van der Waals surface area contributed by atoms with Crippen LogP contribution in [0.3, 0.4) is 0 Å². The molecule has 0 spiro atoms. The summed E-state index contributed by atoms with van der Waals surface area (Å²) in [6.07, 6.45) is -0.0165. The van der Waals surface area contributed by atoms with Crippen molar-refractivity contribution >= 4 is 27.7 Å². The lowest BCUT2D eigenvalue weighted by Crippen LogP contribution is -2.47. The van der Waals surface area contributed by atoms with Crippen molar-refractivity contribution in [1.29, 1.82) is 0 Å². The lowest BCUT2D eigenvalue weighted by atomic mass is 10.2. The highest BCUT2D eigenvalue weighted by molar-refractivity contribution is 7.89. The number of aryl methyl sites for hydroxylation is 1. The highest BCUT2D eigenvalue weighted by Gasteiger charge is 2.22. The fourth-order valence-electron chi connectivity index (χ4n) is 1.77. The van der Waals surface area contributed by atoms with Gasteiger partial charge in [-0.3, -0.25) is 25.2 Å². The topological polar surface area (TPSA) is 125 Å². The standard InChI is InChI=1S/C15H22N4O5S/c1-11-4-6-13(7-5-11)25(23,24)19(3)10-15(22)18-17-14(21)8-9-16-12(2)20/h4-7H,8-10H2,1-3H3,(H,16,20)(H,17,21)(H,18,22). The number of hydrogen-bond acceptors (Lipinski definition) is 5. The number of hydrogen-bond donors (Lipinski definition) is 3. The van der Waals surface area contributed by atoms with Crippen molar-refractivity contribution in [3.63, 3.8) is 0 Å². The molecule has 0 bridgehead atoms. The number of nitrogens with zero attached hydrogens (tertiary/aromatic N) is 1. The Morgan fingerprint density at radius 3 is 2.16 bits per heavy atom. The average molecular weight is 370 g/mol. The minimum absolute atomic E-state index is 0.0165. The fraction of sp³-hybridized carbons (Fsp3) is 0.400. The Bertz CT molecular complexity index is 731. The third-order valence-electron chi connectivity index (χ3n) is 3.16. The van der Waals surface area contributed by atoms with E-state index in [9.17, 15) is 22.8 Å². The van der Waals surface area contributed by atoms with Crippen LogP contribution in [0.5, 0.6) is 0 Å². The Balaban J connectivity index is 2.49. The van der Waals surface area contributed by atoms with E-state index in [1.54, 1.807) is 12.1 Å². The molecule has 0 aliphatic heterocycles. The molecule has 0 heterocycles. The summed E-state index contributed by atoms with van der Waals surface area (Å²) in [5, 5.41) is 2.44. The van der Waals surface area contributed by atoms with Gasteiger partial charge in [0.15, 0.2) is 0 Å². The minimum atomic E-state index is -3.80. The monoisotopic (exact) mass is 370 g/mol. The van der Waals surface area contributed by atoms with Crippen LogP contribution in [0.1, 0.15) is 18.9 Å². The van der Waals surface area contributed by atoms with Gasteiger partial charge in [-0.1, -0.05) is 17.7 Å². The van der Waals surface area contributed by atoms with E-state index < -0.39 is 28.4 Å². The van der Waals surface area contributed by atoms with Gasteiger partial charge in [-0.15, -0.1) is 0 Å². The number of nitrogens with one attached hydrogen (secondary N) is 3. The third kappa shape index (κ3) is 6.89. The van der Waals surface area contributed by atoms with Crippen molar-refractivity contribution in [2.45, 2.75) is 25.2 Å². The molecule has 0 saturated heterocycles. The molecular weight excluding hydrogens is 348 g/mol. The van der Waals surface area contributed by atoms with Crippen molar-refractivity contribution in [2.24, 2.45) is 0 Å². The van der Waals surface area contributed by atoms with Gasteiger partial charge in [0.05, 0.1) is 11.4 Å². The number of hydrazine groups is 1. The van der Waals surface area contributed by atoms with Gasteiger partial charge in [0.1, 0.15) is 0 Å². The summed E-state index contributed by atoms with van der Waals surface area (Å²) < 4.78 is 25.6. The summed E-state index contributed by atoms with van der Waals surface area (Å²) >= 11 is 0. The van der Waals surface area contributed by atoms with Gasteiger partial charge in [0, 0.05) is 26.9 Å². The summed E-state index contributed by atoms with van der Waals surface area (Å²) in [7, 11) is -2.53. The van der Waals surface area contributed by atoms with E-state index in [4.69, 9.17) is 0 Å². The Morgan fingerprint density at radius 1 is 1.04 bits per heavy atom. The van der Waals surface area contributed by atoms with Crippen LogP contribution in [-0.2, 0) is 24.4 Å². The number of carbonyl (C=O) groups is 3. The Hall–Kier alpha value is -2.46. The number of benzene rings is 1. The molecule has 25 heavy (non-hydrogen) atoms. The molecule has 0 aliphatic rings. The average Bonchev–Trinajstić information content (AvgIpc) is 2.53. The number of sulfonamides is 1. The maximum Gasteiger partial charge on any atom is 0.253 e. The van der Waals surface area contributed by atoms with Gasteiger partial charge in [-0.2, -0.15) is 4.31 Å². The van der Waals surface area contributed by atoms with E-state index in [-0.39, 0.29) is 23.8 Å². The van der Waals surface area contributed by atoms with Crippen LogP contribution in [0.4, 0.5) is 0 Å². The van der Waals surface area contributed by atoms with Crippen molar-refractivity contribution < 1.29 is 22.8 Å². The Kier molecular flexibility index (Phi) is 7.52. The molecule has 1 aromatic rings. The van der Waals surface area contributed by atoms with Crippen molar-refractivity contribution in [3.8, 4) is 0 Å². The fourth-order valence-corrected chi connectivity index (χ4v) is 2.90. The zero-order valence-corrected chi connectivity index (χ0v) is 15.1. The number of carbonyl (C=O) groups excluding carboxylic acids is 3. The second-order valence-corrected chi connectivity index (χ2v) is 7.45. The summed E-state index contributed by atoms with van der Waals surface area (Å²) in [6, 6.07) is 6.25. The zero-order valence-electron chi connectivity index (χ0n) is 14.3. The Morgan fingerprint density at radius 2 is 1.60 bits per heavy atom. The molecule has 3 amide bonds. The largest absolute Gasteiger partial charge is 0.356 e.